The number of nitrogens with zero attached hydrogens (tertiary/aromatic N) is 1. The number of urea groups is 1. The summed E-state index contributed by atoms with van der Waals surface area (Å²) >= 11 is 1.82. The lowest BCUT2D eigenvalue weighted by Gasteiger charge is -2.39. The first kappa shape index (κ1) is 18.2. The standard InChI is InChI=1S/C21H25N3O2S/c1-14(25)15-4-2-5-16(10-15)22-21(26)23-17-11-18-7-8-19(12-17)24(18)13-20-6-3-9-27-20/h2-6,9-10,17-19H,7-8,11-13H2,1H3,(H2,22,23,26)/t18-,19-/m0/s1. The van der Waals surface area contributed by atoms with E-state index in [0.717, 1.165) is 19.4 Å². The number of benzene rings is 1. The Hall–Kier alpha value is -2.18. The number of thiophene rings is 1. The Morgan fingerprint density at radius 3 is 2.59 bits per heavy atom. The maximum Gasteiger partial charge on any atom is 0.319 e. The van der Waals surface area contributed by atoms with Gasteiger partial charge in [-0.1, -0.05) is 18.2 Å². The molecular formula is C21H25N3O2S. The van der Waals surface area contributed by atoms with Crippen LogP contribution in [0.1, 0.15) is 47.8 Å². The summed E-state index contributed by atoms with van der Waals surface area (Å²) < 4.78 is 0. The van der Waals surface area contributed by atoms with Crippen LogP contribution in [-0.2, 0) is 6.54 Å². The Balaban J connectivity index is 1.33. The molecule has 6 heteroatoms. The number of nitrogens with one attached hydrogen (secondary N) is 2. The minimum absolute atomic E-state index is 0.00579. The van der Waals surface area contributed by atoms with Crippen molar-refractivity contribution in [2.45, 2.75) is 57.3 Å². The predicted molar refractivity (Wildman–Crippen MR) is 108 cm³/mol. The van der Waals surface area contributed by atoms with Gasteiger partial charge in [0, 0.05) is 40.8 Å². The molecule has 0 saturated carbocycles. The number of anilines is 1. The van der Waals surface area contributed by atoms with E-state index in [1.165, 1.54) is 24.6 Å². The number of Topliss-reactive ketones (excluding diaryl/α,β-unsaturated/α-hetero) is 1. The summed E-state index contributed by atoms with van der Waals surface area (Å²) in [7, 11) is 0. The van der Waals surface area contributed by atoms with Gasteiger partial charge in [0.1, 0.15) is 0 Å². The molecule has 27 heavy (non-hydrogen) atoms. The predicted octanol–water partition coefficient (Wildman–Crippen LogP) is 4.27. The maximum atomic E-state index is 12.4. The van der Waals surface area contributed by atoms with Gasteiger partial charge in [-0.3, -0.25) is 9.69 Å². The molecule has 1 aromatic carbocycles. The van der Waals surface area contributed by atoms with Crippen LogP contribution in [0.25, 0.3) is 0 Å². The molecule has 2 N–H and O–H groups in total. The lowest BCUT2D eigenvalue weighted by molar-refractivity contribution is 0.101. The molecule has 2 aliphatic rings. The number of piperidine rings is 1. The third-order valence-corrected chi connectivity index (χ3v) is 6.53. The molecule has 2 aliphatic heterocycles. The number of carbonyl (C=O) groups is 2. The Labute approximate surface area is 163 Å². The summed E-state index contributed by atoms with van der Waals surface area (Å²) in [5.41, 5.74) is 1.26. The fourth-order valence-corrected chi connectivity index (χ4v) is 5.11. The van der Waals surface area contributed by atoms with Gasteiger partial charge in [0.05, 0.1) is 0 Å². The molecule has 4 rings (SSSR count). The molecule has 2 atom stereocenters. The van der Waals surface area contributed by atoms with Gasteiger partial charge in [-0.15, -0.1) is 11.3 Å². The van der Waals surface area contributed by atoms with Crippen LogP contribution in [-0.4, -0.2) is 34.8 Å². The molecule has 2 bridgehead atoms. The zero-order valence-corrected chi connectivity index (χ0v) is 16.3. The van der Waals surface area contributed by atoms with E-state index in [4.69, 9.17) is 0 Å². The van der Waals surface area contributed by atoms with Crippen LogP contribution in [0.3, 0.4) is 0 Å². The largest absolute Gasteiger partial charge is 0.335 e. The van der Waals surface area contributed by atoms with Gasteiger partial charge < -0.3 is 10.6 Å². The molecule has 2 saturated heterocycles. The second-order valence-electron chi connectivity index (χ2n) is 7.54. The normalized spacial score (nSPS) is 24.6. The number of fused-ring (bicyclic) bond motifs is 2. The molecule has 1 aromatic heterocycles. The zero-order valence-electron chi connectivity index (χ0n) is 15.5. The Bertz CT molecular complexity index is 807. The first-order valence-electron chi connectivity index (χ1n) is 9.55. The lowest BCUT2D eigenvalue weighted by atomic mass is 9.97. The average Bonchev–Trinajstić information content (AvgIpc) is 3.22. The van der Waals surface area contributed by atoms with Crippen LogP contribution in [0.2, 0.25) is 0 Å². The smallest absolute Gasteiger partial charge is 0.319 e. The summed E-state index contributed by atoms with van der Waals surface area (Å²) in [4.78, 5) is 27.9. The van der Waals surface area contributed by atoms with Crippen LogP contribution < -0.4 is 10.6 Å². The minimum Gasteiger partial charge on any atom is -0.335 e. The van der Waals surface area contributed by atoms with E-state index >= 15 is 0 Å². The molecule has 3 heterocycles. The fourth-order valence-electron chi connectivity index (χ4n) is 4.40. The summed E-state index contributed by atoms with van der Waals surface area (Å²) in [5.74, 6) is -0.00579. The summed E-state index contributed by atoms with van der Waals surface area (Å²) in [5, 5.41) is 8.14. The highest BCUT2D eigenvalue weighted by atomic mass is 32.1. The average molecular weight is 384 g/mol. The molecule has 0 spiro atoms. The van der Waals surface area contributed by atoms with Gasteiger partial charge >= 0.3 is 6.03 Å². The van der Waals surface area contributed by atoms with Crippen molar-refractivity contribution >= 4 is 28.8 Å². The maximum absolute atomic E-state index is 12.4. The highest BCUT2D eigenvalue weighted by Crippen LogP contribution is 2.37. The molecule has 5 nitrogen and oxygen atoms in total. The van der Waals surface area contributed by atoms with Crippen molar-refractivity contribution in [1.29, 1.82) is 0 Å². The molecule has 0 radical (unpaired) electrons. The van der Waals surface area contributed by atoms with E-state index < -0.39 is 0 Å². The topological polar surface area (TPSA) is 61.4 Å². The first-order valence-corrected chi connectivity index (χ1v) is 10.4. The van der Waals surface area contributed by atoms with Crippen LogP contribution in [0.4, 0.5) is 10.5 Å². The number of ketones is 1. The van der Waals surface area contributed by atoms with Crippen molar-refractivity contribution in [2.24, 2.45) is 0 Å². The van der Waals surface area contributed by atoms with Gasteiger partial charge in [0.25, 0.3) is 0 Å². The summed E-state index contributed by atoms with van der Waals surface area (Å²) in [6.07, 6.45) is 4.44. The number of hydrogen-bond acceptors (Lipinski definition) is 4. The third-order valence-electron chi connectivity index (χ3n) is 5.67. The number of amides is 2. The SMILES string of the molecule is CC(=O)c1cccc(NC(=O)NC2C[C@@H]3CC[C@@H](C2)N3Cc2cccs2)c1. The van der Waals surface area contributed by atoms with E-state index in [1.807, 2.05) is 11.3 Å². The van der Waals surface area contributed by atoms with E-state index in [1.54, 1.807) is 24.3 Å². The Morgan fingerprint density at radius 2 is 1.93 bits per heavy atom. The number of hydrogen-bond donors (Lipinski definition) is 2. The third kappa shape index (κ3) is 4.22. The summed E-state index contributed by atoms with van der Waals surface area (Å²) in [6.45, 7) is 2.56. The van der Waals surface area contributed by atoms with Crippen molar-refractivity contribution in [1.82, 2.24) is 10.2 Å². The van der Waals surface area contributed by atoms with Gasteiger partial charge in [0.15, 0.2) is 5.78 Å². The van der Waals surface area contributed by atoms with E-state index in [9.17, 15) is 9.59 Å². The first-order chi connectivity index (χ1) is 13.1. The minimum atomic E-state index is -0.188. The van der Waals surface area contributed by atoms with Crippen LogP contribution >= 0.6 is 11.3 Å². The van der Waals surface area contributed by atoms with Crippen molar-refractivity contribution in [2.75, 3.05) is 5.32 Å². The van der Waals surface area contributed by atoms with Gasteiger partial charge in [0.2, 0.25) is 0 Å². The van der Waals surface area contributed by atoms with E-state index in [2.05, 4.69) is 33.0 Å². The molecule has 0 unspecified atom stereocenters. The highest BCUT2D eigenvalue weighted by molar-refractivity contribution is 7.09. The van der Waals surface area contributed by atoms with Crippen LogP contribution in [0, 0.1) is 0 Å². The zero-order chi connectivity index (χ0) is 18.8. The van der Waals surface area contributed by atoms with Crippen molar-refractivity contribution < 1.29 is 9.59 Å². The molecule has 2 amide bonds. The van der Waals surface area contributed by atoms with Gasteiger partial charge in [-0.25, -0.2) is 4.79 Å². The van der Waals surface area contributed by atoms with Crippen LogP contribution in [0.5, 0.6) is 0 Å². The molecule has 2 aromatic rings. The summed E-state index contributed by atoms with van der Waals surface area (Å²) in [6, 6.07) is 12.5. The van der Waals surface area contributed by atoms with Crippen molar-refractivity contribution in [3.8, 4) is 0 Å². The molecule has 0 aliphatic carbocycles. The van der Waals surface area contributed by atoms with Gasteiger partial charge in [-0.2, -0.15) is 0 Å². The molecule has 2 fully saturated rings. The van der Waals surface area contributed by atoms with Crippen molar-refractivity contribution in [3.63, 3.8) is 0 Å². The van der Waals surface area contributed by atoms with E-state index in [-0.39, 0.29) is 17.9 Å². The Kier molecular flexibility index (Phi) is 5.27. The van der Waals surface area contributed by atoms with Gasteiger partial charge in [-0.05, 0) is 56.2 Å². The van der Waals surface area contributed by atoms with Crippen molar-refractivity contribution in [3.05, 3.63) is 52.2 Å². The van der Waals surface area contributed by atoms with Crippen LogP contribution in [0.15, 0.2) is 41.8 Å². The second kappa shape index (κ2) is 7.82. The monoisotopic (exact) mass is 383 g/mol. The molecular weight excluding hydrogens is 358 g/mol. The fraction of sp³-hybridized carbons (Fsp3) is 0.429. The number of rotatable bonds is 5. The number of carbonyl (C=O) groups excluding carboxylic acids is 2. The Morgan fingerprint density at radius 1 is 1.15 bits per heavy atom. The second-order valence-corrected chi connectivity index (χ2v) is 8.57. The van der Waals surface area contributed by atoms with E-state index in [0.29, 0.717) is 23.3 Å². The quantitative estimate of drug-likeness (QED) is 0.758. The highest BCUT2D eigenvalue weighted by Gasteiger charge is 2.41. The molecule has 142 valence electrons. The lowest BCUT2D eigenvalue weighted by Crippen LogP contribution is -2.50.